The maximum atomic E-state index is 12.8. The number of carbonyl (C=O) groups excluding carboxylic acids is 1. The first-order chi connectivity index (χ1) is 32.6. The van der Waals surface area contributed by atoms with Crippen LogP contribution in [0.1, 0.15) is 245 Å². The first-order valence-electron chi connectivity index (χ1n) is 28.0. The van der Waals surface area contributed by atoms with Crippen molar-refractivity contribution in [3.8, 4) is 0 Å². The van der Waals surface area contributed by atoms with Crippen molar-refractivity contribution in [1.29, 1.82) is 0 Å². The third-order valence-corrected chi connectivity index (χ3v) is 13.1. The Balaban J connectivity index is 4.11. The third kappa shape index (κ3) is 55.0. The summed E-state index contributed by atoms with van der Waals surface area (Å²) in [6.07, 6.45) is 65.7. The summed E-state index contributed by atoms with van der Waals surface area (Å²) in [6, 6.07) is 0. The van der Waals surface area contributed by atoms with Gasteiger partial charge in [0, 0.05) is 13.0 Å². The first-order valence-corrected chi connectivity index (χ1v) is 29.5. The molecule has 0 aromatic heterocycles. The van der Waals surface area contributed by atoms with Gasteiger partial charge in [-0.15, -0.1) is 0 Å². The van der Waals surface area contributed by atoms with E-state index >= 15 is 0 Å². The number of carbonyl (C=O) groups is 1. The molecule has 0 saturated carbocycles. The highest BCUT2D eigenvalue weighted by Crippen LogP contribution is 2.43. The van der Waals surface area contributed by atoms with Gasteiger partial charge in [0.1, 0.15) is 19.3 Å². The van der Waals surface area contributed by atoms with E-state index in [4.69, 9.17) is 18.5 Å². The van der Waals surface area contributed by atoms with Crippen LogP contribution in [0, 0.1) is 0 Å². The largest absolute Gasteiger partial charge is 0.472 e. The lowest BCUT2D eigenvalue weighted by molar-refractivity contribution is -0.870. The van der Waals surface area contributed by atoms with Crippen LogP contribution in [-0.4, -0.2) is 75.6 Å². The van der Waals surface area contributed by atoms with Crippen molar-refractivity contribution in [3.05, 3.63) is 60.8 Å². The van der Waals surface area contributed by atoms with Crippen molar-refractivity contribution in [1.82, 2.24) is 0 Å². The van der Waals surface area contributed by atoms with E-state index in [-0.39, 0.29) is 25.8 Å². The van der Waals surface area contributed by atoms with Gasteiger partial charge in [0.2, 0.25) is 0 Å². The summed E-state index contributed by atoms with van der Waals surface area (Å²) >= 11 is 0. The molecule has 0 aromatic rings. The van der Waals surface area contributed by atoms with Crippen LogP contribution >= 0.6 is 7.82 Å². The van der Waals surface area contributed by atoms with Crippen LogP contribution in [-0.2, 0) is 27.9 Å². The highest BCUT2D eigenvalue weighted by atomic mass is 31.2. The van der Waals surface area contributed by atoms with E-state index in [0.717, 1.165) is 77.0 Å². The zero-order valence-corrected chi connectivity index (χ0v) is 45.5. The molecule has 0 bridgehead atoms. The Bertz CT molecular complexity index is 1260. The average Bonchev–Trinajstić information content (AvgIpc) is 3.29. The summed E-state index contributed by atoms with van der Waals surface area (Å²) in [5.74, 6) is -0.316. The fraction of sp³-hybridized carbons (Fsp3) is 0.810. The number of unbranched alkanes of at least 4 members (excludes halogenated alkanes) is 28. The quantitative estimate of drug-likeness (QED) is 0.0213. The van der Waals surface area contributed by atoms with E-state index in [1.165, 1.54) is 148 Å². The van der Waals surface area contributed by atoms with Gasteiger partial charge in [0.05, 0.1) is 34.4 Å². The van der Waals surface area contributed by atoms with Crippen LogP contribution in [0.3, 0.4) is 0 Å². The minimum Gasteiger partial charge on any atom is -0.457 e. The molecule has 2 atom stereocenters. The lowest BCUT2D eigenvalue weighted by Gasteiger charge is -2.24. The Kier molecular flexibility index (Phi) is 49.2. The maximum Gasteiger partial charge on any atom is 0.472 e. The molecule has 0 radical (unpaired) electrons. The standard InChI is InChI=1S/C58H108NO7P/c1-6-8-10-12-14-16-18-20-22-24-26-28-30-31-33-35-37-39-41-43-45-47-49-51-58(60)66-57(56-65-67(61,62)64-54-52-59(3,4)5)55-63-53-50-48-46-44-42-40-38-36-34-32-29-27-25-23-21-19-17-15-13-11-9-7-2/h9,11,15,17,21,23,27,29,34,36,57H,6-8,10,12-14,16,18-20,22,24-26,28,30-33,35,37-56H2,1-5H3/p+1/b11-9-,17-15-,23-21-,29-27-,36-34-. The topological polar surface area (TPSA) is 91.3 Å². The Hall–Kier alpha value is -1.80. The van der Waals surface area contributed by atoms with E-state index < -0.39 is 13.9 Å². The average molecular weight is 963 g/mol. The van der Waals surface area contributed by atoms with Crippen molar-refractivity contribution in [2.45, 2.75) is 251 Å². The zero-order valence-electron chi connectivity index (χ0n) is 44.6. The van der Waals surface area contributed by atoms with Crippen LogP contribution in [0.15, 0.2) is 60.8 Å². The van der Waals surface area contributed by atoms with Crippen LogP contribution in [0.2, 0.25) is 0 Å². The van der Waals surface area contributed by atoms with Crippen molar-refractivity contribution in [2.75, 3.05) is 54.1 Å². The molecule has 0 amide bonds. The summed E-state index contributed by atoms with van der Waals surface area (Å²) < 4.78 is 35.2. The van der Waals surface area contributed by atoms with Crippen LogP contribution in [0.4, 0.5) is 0 Å². The van der Waals surface area contributed by atoms with Crippen molar-refractivity contribution < 1.29 is 37.3 Å². The first kappa shape index (κ1) is 65.2. The molecule has 0 aliphatic heterocycles. The number of rotatable bonds is 52. The number of hydrogen-bond donors (Lipinski definition) is 1. The molecule has 0 aliphatic rings. The molecule has 9 heteroatoms. The van der Waals surface area contributed by atoms with Crippen molar-refractivity contribution in [3.63, 3.8) is 0 Å². The van der Waals surface area contributed by atoms with Gasteiger partial charge in [-0.05, 0) is 57.8 Å². The number of ether oxygens (including phenoxy) is 2. The van der Waals surface area contributed by atoms with Gasteiger partial charge in [0.25, 0.3) is 0 Å². The summed E-state index contributed by atoms with van der Waals surface area (Å²) in [5, 5.41) is 0. The van der Waals surface area contributed by atoms with E-state index in [0.29, 0.717) is 24.1 Å². The minimum absolute atomic E-state index is 0.0845. The normalized spacial score (nSPS) is 13.9. The summed E-state index contributed by atoms with van der Waals surface area (Å²) in [7, 11) is 1.66. The Labute approximate surface area is 415 Å². The minimum atomic E-state index is -4.29. The second-order valence-corrected chi connectivity index (χ2v) is 21.4. The van der Waals surface area contributed by atoms with Crippen LogP contribution in [0.25, 0.3) is 0 Å². The van der Waals surface area contributed by atoms with Crippen LogP contribution < -0.4 is 0 Å². The molecule has 8 nitrogen and oxygen atoms in total. The number of allylic oxidation sites excluding steroid dienone is 10. The smallest absolute Gasteiger partial charge is 0.457 e. The number of quaternary nitrogens is 1. The van der Waals surface area contributed by atoms with Gasteiger partial charge < -0.3 is 18.9 Å². The molecule has 0 aromatic carbocycles. The zero-order chi connectivity index (χ0) is 49.0. The number of phosphoric ester groups is 1. The molecule has 0 aliphatic carbocycles. The van der Waals surface area contributed by atoms with Crippen LogP contribution in [0.5, 0.6) is 0 Å². The molecule has 1 N–H and O–H groups in total. The fourth-order valence-corrected chi connectivity index (χ4v) is 8.56. The van der Waals surface area contributed by atoms with Gasteiger partial charge in [-0.25, -0.2) is 4.57 Å². The lowest BCUT2D eigenvalue weighted by Crippen LogP contribution is -2.37. The molecule has 67 heavy (non-hydrogen) atoms. The Morgan fingerprint density at radius 3 is 1.30 bits per heavy atom. The third-order valence-electron chi connectivity index (χ3n) is 12.1. The molecule has 0 spiro atoms. The molecule has 0 heterocycles. The number of esters is 1. The highest BCUT2D eigenvalue weighted by Gasteiger charge is 2.26. The second kappa shape index (κ2) is 50.6. The fourth-order valence-electron chi connectivity index (χ4n) is 7.82. The Morgan fingerprint density at radius 1 is 0.478 bits per heavy atom. The molecule has 0 fully saturated rings. The van der Waals surface area contributed by atoms with E-state index in [1.54, 1.807) is 0 Å². The summed E-state index contributed by atoms with van der Waals surface area (Å²) in [4.78, 5) is 23.1. The summed E-state index contributed by atoms with van der Waals surface area (Å²) in [5.41, 5.74) is 0. The SMILES string of the molecule is CC/C=C\C/C=C\C/C=C\C/C=C\C/C=C\CCCCCCCCOCC(COP(=O)(O)OCC[N+](C)(C)C)OC(=O)CCCCCCCCCCCCCCCCCCCCCCCCC. The predicted octanol–water partition coefficient (Wildman–Crippen LogP) is 17.6. The lowest BCUT2D eigenvalue weighted by atomic mass is 10.0. The number of hydrogen-bond acceptors (Lipinski definition) is 6. The van der Waals surface area contributed by atoms with E-state index in [9.17, 15) is 14.3 Å². The predicted molar refractivity (Wildman–Crippen MR) is 289 cm³/mol. The van der Waals surface area contributed by atoms with Gasteiger partial charge >= 0.3 is 13.8 Å². The molecular weight excluding hydrogens is 854 g/mol. The molecule has 2 unspecified atom stereocenters. The second-order valence-electron chi connectivity index (χ2n) is 19.9. The van der Waals surface area contributed by atoms with Gasteiger partial charge in [-0.2, -0.15) is 0 Å². The number of nitrogens with zero attached hydrogens (tertiary/aromatic N) is 1. The van der Waals surface area contributed by atoms with E-state index in [2.05, 4.69) is 74.6 Å². The Morgan fingerprint density at radius 2 is 0.866 bits per heavy atom. The molecule has 392 valence electrons. The van der Waals surface area contributed by atoms with E-state index in [1.807, 2.05) is 21.1 Å². The van der Waals surface area contributed by atoms with Crippen molar-refractivity contribution >= 4 is 13.8 Å². The molecule has 0 rings (SSSR count). The summed E-state index contributed by atoms with van der Waals surface area (Å²) in [6.45, 7) is 5.51. The van der Waals surface area contributed by atoms with Gasteiger partial charge in [-0.3, -0.25) is 13.8 Å². The molecular formula is C58H109NO7P+. The molecule has 0 saturated heterocycles. The highest BCUT2D eigenvalue weighted by molar-refractivity contribution is 7.47. The monoisotopic (exact) mass is 963 g/mol. The number of likely N-dealkylation sites (N-methyl/N-ethyl adjacent to an activating group) is 1. The van der Waals surface area contributed by atoms with Gasteiger partial charge in [0.15, 0.2) is 0 Å². The van der Waals surface area contributed by atoms with Crippen molar-refractivity contribution in [2.24, 2.45) is 0 Å². The van der Waals surface area contributed by atoms with Gasteiger partial charge in [-0.1, -0.05) is 242 Å². The maximum absolute atomic E-state index is 12.8. The number of phosphoric acid groups is 1.